The second-order valence-corrected chi connectivity index (χ2v) is 4.45. The van der Waals surface area contributed by atoms with E-state index in [0.717, 1.165) is 25.6 Å². The van der Waals surface area contributed by atoms with Crippen molar-refractivity contribution in [1.29, 1.82) is 0 Å². The topological polar surface area (TPSA) is 15.3 Å². The summed E-state index contributed by atoms with van der Waals surface area (Å²) in [5.74, 6) is 0.720. The van der Waals surface area contributed by atoms with Crippen molar-refractivity contribution >= 4 is 0 Å². The molecule has 0 bridgehead atoms. The van der Waals surface area contributed by atoms with Crippen molar-refractivity contribution < 1.29 is 0 Å². The average Bonchev–Trinajstić information content (AvgIpc) is 2.14. The van der Waals surface area contributed by atoms with Gasteiger partial charge in [0.05, 0.1) is 0 Å². The fraction of sp³-hybridized carbons (Fsp3) is 1.00. The molecule has 0 rings (SSSR count). The highest BCUT2D eigenvalue weighted by Gasteiger charge is 2.20. The molecule has 0 aliphatic carbocycles. The van der Waals surface area contributed by atoms with Gasteiger partial charge in [0.1, 0.15) is 0 Å². The van der Waals surface area contributed by atoms with E-state index in [-0.39, 0.29) is 0 Å². The molecule has 1 N–H and O–H groups in total. The van der Waals surface area contributed by atoms with Gasteiger partial charge in [-0.25, -0.2) is 0 Å². The Morgan fingerprint density at radius 2 is 1.64 bits per heavy atom. The third-order valence-electron chi connectivity index (χ3n) is 3.09. The summed E-state index contributed by atoms with van der Waals surface area (Å²) < 4.78 is 0. The fourth-order valence-corrected chi connectivity index (χ4v) is 1.99. The van der Waals surface area contributed by atoms with Crippen LogP contribution < -0.4 is 5.32 Å². The van der Waals surface area contributed by atoms with Crippen LogP contribution in [0.15, 0.2) is 0 Å². The van der Waals surface area contributed by atoms with E-state index >= 15 is 0 Å². The van der Waals surface area contributed by atoms with Crippen molar-refractivity contribution in [3.63, 3.8) is 0 Å². The third kappa shape index (κ3) is 4.43. The maximum atomic E-state index is 3.42. The van der Waals surface area contributed by atoms with E-state index in [0.29, 0.717) is 12.1 Å². The summed E-state index contributed by atoms with van der Waals surface area (Å²) in [6.07, 6.45) is 0. The molecule has 2 nitrogen and oxygen atoms in total. The number of nitrogens with zero attached hydrogens (tertiary/aromatic N) is 1. The van der Waals surface area contributed by atoms with Gasteiger partial charge in [-0.15, -0.1) is 0 Å². The molecule has 86 valence electrons. The zero-order valence-electron chi connectivity index (χ0n) is 10.8. The number of rotatable bonds is 7. The highest BCUT2D eigenvalue weighted by Crippen LogP contribution is 2.13. The van der Waals surface area contributed by atoms with Crippen LogP contribution in [0.4, 0.5) is 0 Å². The summed E-state index contributed by atoms with van der Waals surface area (Å²) in [4.78, 5) is 2.56. The molecule has 2 heteroatoms. The lowest BCUT2D eigenvalue weighted by Gasteiger charge is -2.35. The Hall–Kier alpha value is -0.0800. The molecule has 0 radical (unpaired) electrons. The van der Waals surface area contributed by atoms with Gasteiger partial charge in [0.25, 0.3) is 0 Å². The minimum atomic E-state index is 0.652. The smallest absolute Gasteiger partial charge is 0.0107 e. The van der Waals surface area contributed by atoms with Crippen LogP contribution in [0.2, 0.25) is 0 Å². The zero-order valence-corrected chi connectivity index (χ0v) is 10.8. The van der Waals surface area contributed by atoms with E-state index in [1.165, 1.54) is 0 Å². The van der Waals surface area contributed by atoms with Gasteiger partial charge < -0.3 is 5.32 Å². The zero-order chi connectivity index (χ0) is 11.1. The van der Waals surface area contributed by atoms with Gasteiger partial charge in [-0.3, -0.25) is 4.90 Å². The number of nitrogens with one attached hydrogen (secondary N) is 1. The van der Waals surface area contributed by atoms with Gasteiger partial charge in [0, 0.05) is 12.1 Å². The summed E-state index contributed by atoms with van der Waals surface area (Å²) in [7, 11) is 0. The molecule has 0 aromatic rings. The van der Waals surface area contributed by atoms with Crippen LogP contribution in [0.1, 0.15) is 41.5 Å². The molecule has 0 fully saturated rings. The highest BCUT2D eigenvalue weighted by atomic mass is 15.2. The molecule has 2 unspecified atom stereocenters. The van der Waals surface area contributed by atoms with Crippen LogP contribution in [0.5, 0.6) is 0 Å². The molecule has 0 saturated heterocycles. The first-order valence-electron chi connectivity index (χ1n) is 6.00. The second kappa shape index (κ2) is 7.24. The molecule has 2 atom stereocenters. The standard InChI is InChI=1S/C12H28N2/c1-7-13-9-11(5)12(6)14(8-2)10(3)4/h10-13H,7-9H2,1-6H3. The first kappa shape index (κ1) is 13.9. The summed E-state index contributed by atoms with van der Waals surface area (Å²) in [6.45, 7) is 17.0. The maximum absolute atomic E-state index is 3.42. The van der Waals surface area contributed by atoms with Gasteiger partial charge in [0.15, 0.2) is 0 Å². The van der Waals surface area contributed by atoms with E-state index in [1.54, 1.807) is 0 Å². The van der Waals surface area contributed by atoms with Crippen LogP contribution >= 0.6 is 0 Å². The molecule has 0 aliphatic rings. The summed E-state index contributed by atoms with van der Waals surface area (Å²) in [6, 6.07) is 1.32. The Labute approximate surface area is 90.1 Å². The van der Waals surface area contributed by atoms with Crippen molar-refractivity contribution in [3.05, 3.63) is 0 Å². The number of hydrogen-bond acceptors (Lipinski definition) is 2. The van der Waals surface area contributed by atoms with Crippen LogP contribution in [0.25, 0.3) is 0 Å². The van der Waals surface area contributed by atoms with E-state index in [4.69, 9.17) is 0 Å². The molecule has 0 amide bonds. The lowest BCUT2D eigenvalue weighted by atomic mass is 10.0. The second-order valence-electron chi connectivity index (χ2n) is 4.45. The van der Waals surface area contributed by atoms with E-state index in [1.807, 2.05) is 0 Å². The van der Waals surface area contributed by atoms with Crippen LogP contribution in [0.3, 0.4) is 0 Å². The fourth-order valence-electron chi connectivity index (χ4n) is 1.99. The predicted molar refractivity (Wildman–Crippen MR) is 64.7 cm³/mol. The van der Waals surface area contributed by atoms with E-state index < -0.39 is 0 Å². The van der Waals surface area contributed by atoms with Crippen molar-refractivity contribution in [2.45, 2.75) is 53.6 Å². The van der Waals surface area contributed by atoms with Gasteiger partial charge in [-0.1, -0.05) is 20.8 Å². The van der Waals surface area contributed by atoms with Gasteiger partial charge >= 0.3 is 0 Å². The highest BCUT2D eigenvalue weighted by molar-refractivity contribution is 4.75. The van der Waals surface area contributed by atoms with E-state index in [2.05, 4.69) is 51.8 Å². The first-order chi connectivity index (χ1) is 6.54. The van der Waals surface area contributed by atoms with Gasteiger partial charge in [0.2, 0.25) is 0 Å². The molecule has 14 heavy (non-hydrogen) atoms. The molecule has 0 aromatic carbocycles. The first-order valence-corrected chi connectivity index (χ1v) is 6.00. The van der Waals surface area contributed by atoms with Gasteiger partial charge in [-0.05, 0) is 46.3 Å². The Bertz CT molecular complexity index is 134. The molecule has 0 aliphatic heterocycles. The normalized spacial score (nSPS) is 16.3. The SMILES string of the molecule is CCNCC(C)C(C)N(CC)C(C)C. The van der Waals surface area contributed by atoms with Crippen molar-refractivity contribution in [1.82, 2.24) is 10.2 Å². The number of hydrogen-bond donors (Lipinski definition) is 1. The molecule has 0 aromatic heterocycles. The van der Waals surface area contributed by atoms with Crippen LogP contribution in [0, 0.1) is 5.92 Å². The van der Waals surface area contributed by atoms with Crippen LogP contribution in [-0.2, 0) is 0 Å². The summed E-state index contributed by atoms with van der Waals surface area (Å²) in [5, 5.41) is 3.42. The lowest BCUT2D eigenvalue weighted by molar-refractivity contribution is 0.131. The van der Waals surface area contributed by atoms with Crippen molar-refractivity contribution in [3.8, 4) is 0 Å². The molecule has 0 saturated carbocycles. The molecular weight excluding hydrogens is 172 g/mol. The van der Waals surface area contributed by atoms with Crippen molar-refractivity contribution in [2.75, 3.05) is 19.6 Å². The minimum absolute atomic E-state index is 0.652. The van der Waals surface area contributed by atoms with Crippen molar-refractivity contribution in [2.24, 2.45) is 5.92 Å². The average molecular weight is 200 g/mol. The Morgan fingerprint density at radius 3 is 2.00 bits per heavy atom. The molecule has 0 heterocycles. The van der Waals surface area contributed by atoms with E-state index in [9.17, 15) is 0 Å². The lowest BCUT2D eigenvalue weighted by Crippen LogP contribution is -2.44. The quantitative estimate of drug-likeness (QED) is 0.678. The molecule has 0 spiro atoms. The summed E-state index contributed by atoms with van der Waals surface area (Å²) >= 11 is 0. The Morgan fingerprint density at radius 1 is 1.07 bits per heavy atom. The molecular formula is C12H28N2. The predicted octanol–water partition coefficient (Wildman–Crippen LogP) is 2.35. The monoisotopic (exact) mass is 200 g/mol. The Balaban J connectivity index is 4.05. The largest absolute Gasteiger partial charge is 0.317 e. The summed E-state index contributed by atoms with van der Waals surface area (Å²) in [5.41, 5.74) is 0. The van der Waals surface area contributed by atoms with Crippen LogP contribution in [-0.4, -0.2) is 36.6 Å². The Kier molecular flexibility index (Phi) is 7.20. The van der Waals surface area contributed by atoms with Gasteiger partial charge in [-0.2, -0.15) is 0 Å². The maximum Gasteiger partial charge on any atom is 0.0107 e. The minimum Gasteiger partial charge on any atom is -0.317 e. The third-order valence-corrected chi connectivity index (χ3v) is 3.09.